The molecule has 55 heavy (non-hydrogen) atoms. The van der Waals surface area contributed by atoms with E-state index in [9.17, 15) is 1.37 Å². The molecule has 0 fully saturated rings. The fraction of sp³-hybridized carbons (Fsp3) is 0.184. The SMILES string of the molecule is [2H]C([2H])([2H])c1cc(F)c2c(c1)C1(c3cc(C)c4c(oc5ccccc54)c3-c3n(-c4ccccc4)c4c5ccccc5ccc4[n+]31)[n+]1cc([Si](C)(C)C)c(C([2H])(C)C)cc1-2. The van der Waals surface area contributed by atoms with Gasteiger partial charge in [-0.15, -0.1) is 9.13 Å². The maximum atomic E-state index is 17.4. The van der Waals surface area contributed by atoms with E-state index in [4.69, 9.17) is 8.53 Å². The minimum Gasteiger partial charge on any atom is -0.455 e. The molecule has 11 rings (SSSR count). The third-order valence-corrected chi connectivity index (χ3v) is 14.1. The number of halogens is 1. The molecule has 0 N–H and O–H groups in total. The van der Waals surface area contributed by atoms with E-state index >= 15 is 4.39 Å². The highest BCUT2D eigenvalue weighted by Gasteiger charge is 2.68. The molecule has 268 valence electrons. The molecule has 2 aliphatic rings. The number of nitrogens with zero attached hydrogens (tertiary/aromatic N) is 3. The fourth-order valence-corrected chi connectivity index (χ4v) is 11.5. The first-order chi connectivity index (χ1) is 28.0. The van der Waals surface area contributed by atoms with E-state index in [1.54, 1.807) is 6.07 Å². The van der Waals surface area contributed by atoms with Crippen molar-refractivity contribution in [2.45, 2.75) is 58.8 Å². The zero-order valence-corrected chi connectivity index (χ0v) is 32.7. The van der Waals surface area contributed by atoms with Crippen LogP contribution in [0.1, 0.15) is 53.0 Å². The summed E-state index contributed by atoms with van der Waals surface area (Å²) < 4.78 is 66.6. The van der Waals surface area contributed by atoms with E-state index in [2.05, 4.69) is 101 Å². The van der Waals surface area contributed by atoms with Gasteiger partial charge >= 0.3 is 11.5 Å². The van der Waals surface area contributed by atoms with Crippen LogP contribution in [0.3, 0.4) is 0 Å². The normalized spacial score (nSPS) is 17.4. The van der Waals surface area contributed by atoms with Gasteiger partial charge in [-0.05, 0) is 96.3 Å². The first-order valence-corrected chi connectivity index (χ1v) is 22.5. The number of furan rings is 1. The predicted octanol–water partition coefficient (Wildman–Crippen LogP) is 10.9. The summed E-state index contributed by atoms with van der Waals surface area (Å²) in [6.45, 7) is 10.1. The lowest BCUT2D eigenvalue weighted by atomic mass is 9.86. The van der Waals surface area contributed by atoms with Crippen LogP contribution in [0.4, 0.5) is 4.39 Å². The number of hydrogen-bond donors (Lipinski definition) is 0. The Bertz CT molecular complexity index is 3320. The van der Waals surface area contributed by atoms with Gasteiger partial charge < -0.3 is 4.42 Å². The van der Waals surface area contributed by atoms with E-state index in [0.717, 1.165) is 77.1 Å². The average Bonchev–Trinajstić information content (AvgIpc) is 3.90. The molecule has 5 heterocycles. The van der Waals surface area contributed by atoms with Crippen molar-refractivity contribution in [3.05, 3.63) is 155 Å². The van der Waals surface area contributed by atoms with Crippen LogP contribution in [-0.4, -0.2) is 12.6 Å². The van der Waals surface area contributed by atoms with Crippen molar-refractivity contribution >= 4 is 57.0 Å². The minimum atomic E-state index is -2.59. The highest BCUT2D eigenvalue weighted by Crippen LogP contribution is 2.54. The van der Waals surface area contributed by atoms with Crippen LogP contribution in [0.25, 0.3) is 72.1 Å². The van der Waals surface area contributed by atoms with E-state index in [-0.39, 0.29) is 5.56 Å². The number of fused-ring (bicyclic) bond motifs is 18. The third kappa shape index (κ3) is 4.05. The van der Waals surface area contributed by atoms with E-state index in [1.165, 1.54) is 6.07 Å². The third-order valence-electron chi connectivity index (χ3n) is 12.1. The number of aryl methyl sites for hydroxylation is 2. The summed E-state index contributed by atoms with van der Waals surface area (Å²) in [4.78, 5) is 0. The van der Waals surface area contributed by atoms with Gasteiger partial charge in [-0.25, -0.2) is 4.39 Å². The van der Waals surface area contributed by atoms with Crippen LogP contribution in [0.5, 0.6) is 0 Å². The second kappa shape index (κ2) is 10.9. The monoisotopic (exact) mass is 739 g/mol. The van der Waals surface area contributed by atoms with Gasteiger partial charge in [0.25, 0.3) is 0 Å². The van der Waals surface area contributed by atoms with Crippen LogP contribution >= 0.6 is 0 Å². The van der Waals surface area contributed by atoms with Crippen molar-refractivity contribution in [3.8, 4) is 28.3 Å². The fourth-order valence-electron chi connectivity index (χ4n) is 9.87. The van der Waals surface area contributed by atoms with Crippen LogP contribution in [-0.2, 0) is 5.66 Å². The molecule has 6 aromatic carbocycles. The van der Waals surface area contributed by atoms with Gasteiger partial charge in [-0.3, -0.25) is 0 Å². The van der Waals surface area contributed by atoms with E-state index in [1.807, 2.05) is 62.4 Å². The average molecular weight is 740 g/mol. The Morgan fingerprint density at radius 3 is 2.33 bits per heavy atom. The number of benzene rings is 6. The van der Waals surface area contributed by atoms with E-state index in [0.29, 0.717) is 22.4 Å². The quantitative estimate of drug-likeness (QED) is 0.131. The number of aromatic nitrogens is 3. The lowest BCUT2D eigenvalue weighted by Gasteiger charge is -2.25. The largest absolute Gasteiger partial charge is 0.455 e. The molecule has 0 saturated heterocycles. The van der Waals surface area contributed by atoms with Gasteiger partial charge in [0.1, 0.15) is 22.7 Å². The highest BCUT2D eigenvalue weighted by atomic mass is 28.3. The zero-order chi connectivity index (χ0) is 41.1. The predicted molar refractivity (Wildman–Crippen MR) is 224 cm³/mol. The maximum absolute atomic E-state index is 17.4. The van der Waals surface area contributed by atoms with Crippen LogP contribution in [0.2, 0.25) is 19.6 Å². The van der Waals surface area contributed by atoms with E-state index < -0.39 is 32.3 Å². The van der Waals surface area contributed by atoms with Crippen molar-refractivity contribution in [1.29, 1.82) is 0 Å². The zero-order valence-electron chi connectivity index (χ0n) is 35.7. The topological polar surface area (TPSA) is 25.8 Å². The Hall–Kier alpha value is -5.85. The van der Waals surface area contributed by atoms with Crippen LogP contribution in [0.15, 0.2) is 126 Å². The van der Waals surface area contributed by atoms with Gasteiger partial charge in [0.15, 0.2) is 22.8 Å². The number of para-hydroxylation sites is 2. The molecule has 9 aromatic rings. The summed E-state index contributed by atoms with van der Waals surface area (Å²) in [7, 11) is -2.21. The molecule has 1 spiro atoms. The number of pyridine rings is 1. The molecule has 0 saturated carbocycles. The molecular weight excluding hydrogens is 694 g/mol. The standard InChI is InChI=1S/C49H42FN3OSi/c1-28(2)35-26-40-44-36(23-29(3)24-38(44)50)49(51(40)27-42(35)55(5,6)7)37-25-30(4)43-34-19-13-14-20-41(34)54-47(43)45(37)48-52(32-16-9-8-10-17-32)46-33-18-12-11-15-31(33)21-22-39(46)53(48)49/h8-28H,1-7H3/q+2/i3D3,28D. The lowest BCUT2D eigenvalue weighted by Crippen LogP contribution is -2.72. The number of rotatable bonds is 3. The molecule has 0 aliphatic carbocycles. The van der Waals surface area contributed by atoms with Gasteiger partial charge in [0.2, 0.25) is 5.69 Å². The molecule has 2 aliphatic heterocycles. The summed E-state index contributed by atoms with van der Waals surface area (Å²) in [5, 5.41) is 5.19. The van der Waals surface area contributed by atoms with Gasteiger partial charge in [0, 0.05) is 32.9 Å². The Morgan fingerprint density at radius 1 is 0.836 bits per heavy atom. The Balaban J connectivity index is 1.47. The molecule has 1 unspecified atom stereocenters. The van der Waals surface area contributed by atoms with Crippen molar-refractivity contribution in [3.63, 3.8) is 0 Å². The summed E-state index contributed by atoms with van der Waals surface area (Å²) in [5.74, 6) is -0.767. The second-order valence-electron chi connectivity index (χ2n) is 16.6. The molecular formula is C49H42FN3OSi+2. The van der Waals surface area contributed by atoms with Crippen molar-refractivity contribution in [1.82, 2.24) is 4.57 Å². The molecule has 0 bridgehead atoms. The van der Waals surface area contributed by atoms with Crippen LogP contribution < -0.4 is 14.3 Å². The van der Waals surface area contributed by atoms with Gasteiger partial charge in [-0.2, -0.15) is 4.57 Å². The van der Waals surface area contributed by atoms with Gasteiger partial charge in [-0.1, -0.05) is 88.1 Å². The lowest BCUT2D eigenvalue weighted by molar-refractivity contribution is -0.944. The maximum Gasteiger partial charge on any atom is 0.365 e. The van der Waals surface area contributed by atoms with Gasteiger partial charge in [0.05, 0.1) is 24.8 Å². The highest BCUT2D eigenvalue weighted by molar-refractivity contribution is 6.89. The Labute approximate surface area is 326 Å². The van der Waals surface area contributed by atoms with Crippen molar-refractivity contribution in [2.24, 2.45) is 0 Å². The summed E-state index contributed by atoms with van der Waals surface area (Å²) >= 11 is 0. The van der Waals surface area contributed by atoms with Crippen molar-refractivity contribution < 1.29 is 23.4 Å². The molecule has 1 atom stereocenters. The summed E-state index contributed by atoms with van der Waals surface area (Å²) in [5.41, 5.74) is 7.91. The number of imidazole rings is 1. The summed E-state index contributed by atoms with van der Waals surface area (Å²) in [6, 6.07) is 38.2. The molecule has 0 radical (unpaired) electrons. The molecule has 6 heteroatoms. The molecule has 3 aromatic heterocycles. The minimum absolute atomic E-state index is 0.0672. The first kappa shape index (κ1) is 28.6. The molecule has 4 nitrogen and oxygen atoms in total. The summed E-state index contributed by atoms with van der Waals surface area (Å²) in [6.07, 6.45) is 2.18. The smallest absolute Gasteiger partial charge is 0.365 e. The van der Waals surface area contributed by atoms with Crippen molar-refractivity contribution in [2.75, 3.05) is 0 Å². The first-order valence-electron chi connectivity index (χ1n) is 21.0. The van der Waals surface area contributed by atoms with Crippen LogP contribution in [0, 0.1) is 19.6 Å². The number of hydrogen-bond acceptors (Lipinski definition) is 1. The second-order valence-corrected chi connectivity index (χ2v) is 21.6. The Morgan fingerprint density at radius 2 is 1.56 bits per heavy atom. The Kier molecular flexibility index (Phi) is 5.66. The molecule has 0 amide bonds.